The average Bonchev–Trinajstić information content (AvgIpc) is 3.23. The summed E-state index contributed by atoms with van der Waals surface area (Å²) in [6.07, 6.45) is 0. The second-order valence-electron chi connectivity index (χ2n) is 7.13. The third kappa shape index (κ3) is 6.01. The lowest BCUT2D eigenvalue weighted by Gasteiger charge is -2.16. The second-order valence-corrected chi connectivity index (χ2v) is 10.9. The Balaban J connectivity index is 1.51. The van der Waals surface area contributed by atoms with Gasteiger partial charge in [-0.25, -0.2) is 13.4 Å². The summed E-state index contributed by atoms with van der Waals surface area (Å²) in [4.78, 5) is 18.4. The summed E-state index contributed by atoms with van der Waals surface area (Å²) in [6.45, 7) is 1.88. The van der Waals surface area contributed by atoms with Crippen LogP contribution in [-0.2, 0) is 14.8 Å². The molecule has 3 aromatic carbocycles. The Kier molecular flexibility index (Phi) is 7.12. The predicted octanol–water partition coefficient (Wildman–Crippen LogP) is 5.72. The van der Waals surface area contributed by atoms with E-state index in [4.69, 9.17) is 0 Å². The van der Waals surface area contributed by atoms with Gasteiger partial charge in [-0.3, -0.25) is 9.52 Å². The number of carbonyl (C=O) groups excluding carboxylic acids is 1. The molecule has 0 bridgehead atoms. The van der Waals surface area contributed by atoms with E-state index >= 15 is 0 Å². The lowest BCUT2D eigenvalue weighted by molar-refractivity contribution is -0.115. The zero-order valence-corrected chi connectivity index (χ0v) is 20.1. The molecule has 2 N–H and O–H groups in total. The molecule has 1 unspecified atom stereocenters. The first-order valence-electron chi connectivity index (χ1n) is 10.0. The minimum atomic E-state index is -3.66. The zero-order valence-electron chi connectivity index (χ0n) is 17.6. The van der Waals surface area contributed by atoms with Gasteiger partial charge in [-0.05, 0) is 48.9 Å². The quantitative estimate of drug-likeness (QED) is 0.305. The van der Waals surface area contributed by atoms with Crippen molar-refractivity contribution < 1.29 is 13.2 Å². The van der Waals surface area contributed by atoms with Gasteiger partial charge in [0.2, 0.25) is 5.91 Å². The summed E-state index contributed by atoms with van der Waals surface area (Å²) in [5, 5.41) is 4.84. The highest BCUT2D eigenvalue weighted by Gasteiger charge is 2.23. The van der Waals surface area contributed by atoms with Crippen LogP contribution in [-0.4, -0.2) is 19.3 Å². The topological polar surface area (TPSA) is 88.2 Å². The van der Waals surface area contributed by atoms with Crippen LogP contribution in [0.2, 0.25) is 0 Å². The van der Waals surface area contributed by atoms with Crippen molar-refractivity contribution in [2.75, 3.05) is 10.0 Å². The van der Waals surface area contributed by atoms with E-state index in [9.17, 15) is 13.2 Å². The van der Waals surface area contributed by atoms with Crippen molar-refractivity contribution in [1.82, 2.24) is 4.98 Å². The van der Waals surface area contributed by atoms with E-state index in [0.717, 1.165) is 16.2 Å². The molecule has 0 saturated heterocycles. The maximum atomic E-state index is 13.1. The Hall–Kier alpha value is -3.14. The van der Waals surface area contributed by atoms with Crippen LogP contribution in [0.3, 0.4) is 0 Å². The number of amides is 1. The highest BCUT2D eigenvalue weighted by molar-refractivity contribution is 8.00. The molecule has 0 aliphatic heterocycles. The number of benzene rings is 3. The number of aromatic nitrogens is 1. The molecule has 0 saturated carbocycles. The van der Waals surface area contributed by atoms with Gasteiger partial charge in [-0.1, -0.05) is 48.5 Å². The second kappa shape index (κ2) is 10.2. The van der Waals surface area contributed by atoms with Gasteiger partial charge in [0.15, 0.2) is 5.13 Å². The molecule has 0 fully saturated rings. The Bertz CT molecular complexity index is 1320. The molecular weight excluding hydrogens is 474 g/mol. The summed E-state index contributed by atoms with van der Waals surface area (Å²) in [6, 6.07) is 24.7. The molecule has 1 amide bonds. The molecule has 1 atom stereocenters. The molecule has 9 heteroatoms. The highest BCUT2D eigenvalue weighted by atomic mass is 32.2. The average molecular weight is 496 g/mol. The van der Waals surface area contributed by atoms with Crippen LogP contribution >= 0.6 is 23.1 Å². The van der Waals surface area contributed by atoms with Crippen molar-refractivity contribution in [3.05, 3.63) is 102 Å². The SMILES string of the molecule is Cc1csc(NC(=O)C(Sc2ccc(NS(=O)(=O)c3ccccc3)cc2)c2ccccc2)n1. The number of rotatable bonds is 8. The zero-order chi connectivity index (χ0) is 23.3. The lowest BCUT2D eigenvalue weighted by atomic mass is 10.1. The molecule has 4 rings (SSSR count). The summed E-state index contributed by atoms with van der Waals surface area (Å²) in [5.41, 5.74) is 2.16. The minimum Gasteiger partial charge on any atom is -0.301 e. The molecule has 6 nitrogen and oxygen atoms in total. The normalized spacial score (nSPS) is 12.2. The molecule has 33 heavy (non-hydrogen) atoms. The third-order valence-corrected chi connectivity index (χ3v) is 8.14. The Labute approximate surface area is 201 Å². The number of thiazole rings is 1. The molecule has 0 aliphatic rings. The standard InChI is InChI=1S/C24H21N3O3S3/c1-17-16-31-24(25-17)26-23(28)22(18-8-4-2-5-9-18)32-20-14-12-19(13-15-20)27-33(29,30)21-10-6-3-7-11-21/h2-16,22,27H,1H3,(H,25,26,28). The maximum Gasteiger partial charge on any atom is 0.261 e. The maximum absolute atomic E-state index is 13.1. The van der Waals surface area contributed by atoms with Crippen molar-refractivity contribution in [3.8, 4) is 0 Å². The molecule has 1 aromatic heterocycles. The van der Waals surface area contributed by atoms with Crippen LogP contribution in [0, 0.1) is 6.92 Å². The van der Waals surface area contributed by atoms with Gasteiger partial charge in [0.1, 0.15) is 5.25 Å². The largest absolute Gasteiger partial charge is 0.301 e. The summed E-state index contributed by atoms with van der Waals surface area (Å²) in [7, 11) is -3.66. The van der Waals surface area contributed by atoms with E-state index in [1.165, 1.54) is 23.1 Å². The van der Waals surface area contributed by atoms with Crippen LogP contribution in [0.25, 0.3) is 0 Å². The van der Waals surface area contributed by atoms with Gasteiger partial charge >= 0.3 is 0 Å². The first-order valence-corrected chi connectivity index (χ1v) is 13.3. The number of thioether (sulfide) groups is 1. The van der Waals surface area contributed by atoms with Crippen molar-refractivity contribution in [2.24, 2.45) is 0 Å². The van der Waals surface area contributed by atoms with Crippen LogP contribution in [0.15, 0.2) is 100 Å². The van der Waals surface area contributed by atoms with Gasteiger partial charge in [-0.2, -0.15) is 0 Å². The van der Waals surface area contributed by atoms with Gasteiger partial charge in [-0.15, -0.1) is 23.1 Å². The van der Waals surface area contributed by atoms with Gasteiger partial charge in [0.05, 0.1) is 10.6 Å². The van der Waals surface area contributed by atoms with Gasteiger partial charge in [0.25, 0.3) is 10.0 Å². The number of nitrogens with zero attached hydrogens (tertiary/aromatic N) is 1. The molecule has 0 spiro atoms. The fourth-order valence-corrected chi connectivity index (χ4v) is 5.83. The van der Waals surface area contributed by atoms with Crippen molar-refractivity contribution in [2.45, 2.75) is 22.0 Å². The van der Waals surface area contributed by atoms with Gasteiger partial charge in [0, 0.05) is 16.0 Å². The van der Waals surface area contributed by atoms with E-state index < -0.39 is 15.3 Å². The van der Waals surface area contributed by atoms with Gasteiger partial charge < -0.3 is 5.32 Å². The number of hydrogen-bond acceptors (Lipinski definition) is 6. The molecular formula is C24H21N3O3S3. The highest BCUT2D eigenvalue weighted by Crippen LogP contribution is 2.37. The van der Waals surface area contributed by atoms with E-state index in [1.807, 2.05) is 42.6 Å². The van der Waals surface area contributed by atoms with E-state index in [1.54, 1.807) is 54.6 Å². The number of hydrogen-bond donors (Lipinski definition) is 2. The van der Waals surface area contributed by atoms with E-state index in [2.05, 4.69) is 15.0 Å². The van der Waals surface area contributed by atoms with Crippen molar-refractivity contribution >= 4 is 49.8 Å². The number of anilines is 2. The summed E-state index contributed by atoms with van der Waals surface area (Å²) < 4.78 is 27.7. The first kappa shape index (κ1) is 23.0. The number of aryl methyl sites for hydroxylation is 1. The summed E-state index contributed by atoms with van der Waals surface area (Å²) in [5.74, 6) is -0.172. The minimum absolute atomic E-state index is 0.172. The first-order chi connectivity index (χ1) is 15.9. The van der Waals surface area contributed by atoms with Crippen LogP contribution < -0.4 is 10.0 Å². The predicted molar refractivity (Wildman–Crippen MR) is 134 cm³/mol. The van der Waals surface area contributed by atoms with Crippen LogP contribution in [0.4, 0.5) is 10.8 Å². The Morgan fingerprint density at radius 1 is 0.939 bits per heavy atom. The molecule has 1 heterocycles. The number of carbonyl (C=O) groups is 1. The van der Waals surface area contributed by atoms with E-state index in [-0.39, 0.29) is 10.8 Å². The Morgan fingerprint density at radius 3 is 2.18 bits per heavy atom. The van der Waals surface area contributed by atoms with Crippen molar-refractivity contribution in [1.29, 1.82) is 0 Å². The molecule has 4 aromatic rings. The lowest BCUT2D eigenvalue weighted by Crippen LogP contribution is -2.19. The fraction of sp³-hybridized carbons (Fsp3) is 0.0833. The van der Waals surface area contributed by atoms with Crippen LogP contribution in [0.5, 0.6) is 0 Å². The number of nitrogens with one attached hydrogen (secondary N) is 2. The van der Waals surface area contributed by atoms with Crippen LogP contribution in [0.1, 0.15) is 16.5 Å². The smallest absolute Gasteiger partial charge is 0.261 e. The molecule has 168 valence electrons. The molecule has 0 radical (unpaired) electrons. The monoisotopic (exact) mass is 495 g/mol. The molecule has 0 aliphatic carbocycles. The Morgan fingerprint density at radius 2 is 1.58 bits per heavy atom. The van der Waals surface area contributed by atoms with Crippen molar-refractivity contribution in [3.63, 3.8) is 0 Å². The summed E-state index contributed by atoms with van der Waals surface area (Å²) >= 11 is 2.77. The third-order valence-electron chi connectivity index (χ3n) is 4.60. The number of sulfonamides is 1. The fourth-order valence-electron chi connectivity index (χ4n) is 3.03. The van der Waals surface area contributed by atoms with E-state index in [0.29, 0.717) is 10.8 Å².